The first-order valence-electron chi connectivity index (χ1n) is 7.21. The summed E-state index contributed by atoms with van der Waals surface area (Å²) in [5.74, 6) is 0.895. The number of rotatable bonds is 3. The van der Waals surface area contributed by atoms with Crippen molar-refractivity contribution in [2.45, 2.75) is 71.0 Å². The van der Waals surface area contributed by atoms with Crippen molar-refractivity contribution in [2.75, 3.05) is 13.1 Å². The van der Waals surface area contributed by atoms with Gasteiger partial charge in [-0.05, 0) is 58.0 Å². The molecule has 0 spiro atoms. The van der Waals surface area contributed by atoms with E-state index in [1.165, 1.54) is 38.6 Å². The summed E-state index contributed by atoms with van der Waals surface area (Å²) in [5, 5.41) is 3.61. The molecule has 1 N–H and O–H groups in total. The molecule has 0 aromatic carbocycles. The van der Waals surface area contributed by atoms with Crippen LogP contribution in [0.1, 0.15) is 52.9 Å². The Bertz CT molecular complexity index is 217. The summed E-state index contributed by atoms with van der Waals surface area (Å²) in [6.45, 7) is 9.55. The molecule has 1 saturated carbocycles. The van der Waals surface area contributed by atoms with Crippen LogP contribution in [-0.4, -0.2) is 36.1 Å². The van der Waals surface area contributed by atoms with Crippen molar-refractivity contribution in [1.82, 2.24) is 10.2 Å². The average molecular weight is 224 g/mol. The van der Waals surface area contributed by atoms with Crippen molar-refractivity contribution in [3.05, 3.63) is 0 Å². The van der Waals surface area contributed by atoms with E-state index in [1.807, 2.05) is 0 Å². The van der Waals surface area contributed by atoms with E-state index in [9.17, 15) is 0 Å². The molecule has 0 aromatic rings. The SMILES string of the molecule is CCNC1CCC(N2CCCC(C)C2C)C1. The number of piperidine rings is 1. The maximum absolute atomic E-state index is 3.61. The van der Waals surface area contributed by atoms with E-state index in [4.69, 9.17) is 0 Å². The average Bonchev–Trinajstić information content (AvgIpc) is 2.71. The van der Waals surface area contributed by atoms with Gasteiger partial charge in [0.05, 0.1) is 0 Å². The Morgan fingerprint density at radius 1 is 1.19 bits per heavy atom. The molecule has 0 amide bonds. The highest BCUT2D eigenvalue weighted by Crippen LogP contribution is 2.31. The van der Waals surface area contributed by atoms with Gasteiger partial charge in [0.2, 0.25) is 0 Å². The zero-order valence-electron chi connectivity index (χ0n) is 11.2. The van der Waals surface area contributed by atoms with Crippen LogP contribution in [0.25, 0.3) is 0 Å². The molecule has 0 radical (unpaired) electrons. The predicted molar refractivity (Wildman–Crippen MR) is 69.7 cm³/mol. The Balaban J connectivity index is 1.88. The van der Waals surface area contributed by atoms with Crippen LogP contribution in [0, 0.1) is 5.92 Å². The second-order valence-corrected chi connectivity index (χ2v) is 5.82. The Morgan fingerprint density at radius 2 is 2.00 bits per heavy atom. The van der Waals surface area contributed by atoms with Gasteiger partial charge in [-0.25, -0.2) is 0 Å². The van der Waals surface area contributed by atoms with Gasteiger partial charge in [-0.3, -0.25) is 4.90 Å². The highest BCUT2D eigenvalue weighted by atomic mass is 15.2. The summed E-state index contributed by atoms with van der Waals surface area (Å²) in [7, 11) is 0. The zero-order chi connectivity index (χ0) is 11.5. The lowest BCUT2D eigenvalue weighted by molar-refractivity contribution is 0.0696. The van der Waals surface area contributed by atoms with E-state index >= 15 is 0 Å². The van der Waals surface area contributed by atoms with E-state index in [0.29, 0.717) is 0 Å². The van der Waals surface area contributed by atoms with Crippen molar-refractivity contribution in [3.8, 4) is 0 Å². The molecule has 2 fully saturated rings. The highest BCUT2D eigenvalue weighted by molar-refractivity contribution is 4.91. The normalized spacial score (nSPS) is 41.4. The van der Waals surface area contributed by atoms with E-state index < -0.39 is 0 Å². The van der Waals surface area contributed by atoms with E-state index in [-0.39, 0.29) is 0 Å². The maximum Gasteiger partial charge on any atom is 0.0114 e. The number of likely N-dealkylation sites (tertiary alicyclic amines) is 1. The molecule has 1 aliphatic heterocycles. The number of hydrogen-bond acceptors (Lipinski definition) is 2. The Morgan fingerprint density at radius 3 is 2.75 bits per heavy atom. The zero-order valence-corrected chi connectivity index (χ0v) is 11.2. The Hall–Kier alpha value is -0.0800. The van der Waals surface area contributed by atoms with Crippen molar-refractivity contribution in [1.29, 1.82) is 0 Å². The van der Waals surface area contributed by atoms with Gasteiger partial charge in [0.1, 0.15) is 0 Å². The first kappa shape index (κ1) is 12.4. The summed E-state index contributed by atoms with van der Waals surface area (Å²) in [6.07, 6.45) is 7.02. The largest absolute Gasteiger partial charge is 0.314 e. The lowest BCUT2D eigenvalue weighted by Crippen LogP contribution is -2.47. The molecule has 94 valence electrons. The third kappa shape index (κ3) is 2.60. The fourth-order valence-electron chi connectivity index (χ4n) is 3.62. The predicted octanol–water partition coefficient (Wildman–Crippen LogP) is 2.64. The third-order valence-electron chi connectivity index (χ3n) is 4.79. The van der Waals surface area contributed by atoms with Crippen LogP contribution in [0.5, 0.6) is 0 Å². The first-order valence-corrected chi connectivity index (χ1v) is 7.21. The first-order chi connectivity index (χ1) is 7.72. The van der Waals surface area contributed by atoms with Gasteiger partial charge < -0.3 is 5.32 Å². The minimum atomic E-state index is 0.791. The molecular formula is C14H28N2. The smallest absolute Gasteiger partial charge is 0.0114 e. The summed E-state index contributed by atoms with van der Waals surface area (Å²) in [5.41, 5.74) is 0. The van der Waals surface area contributed by atoms with Crippen molar-refractivity contribution in [2.24, 2.45) is 5.92 Å². The molecule has 4 atom stereocenters. The Kier molecular flexibility index (Phi) is 4.26. The van der Waals surface area contributed by atoms with Crippen molar-refractivity contribution < 1.29 is 0 Å². The molecule has 4 unspecified atom stereocenters. The minimum Gasteiger partial charge on any atom is -0.314 e. The van der Waals surface area contributed by atoms with Crippen LogP contribution in [0.15, 0.2) is 0 Å². The second kappa shape index (κ2) is 5.50. The molecule has 2 nitrogen and oxygen atoms in total. The fourth-order valence-corrected chi connectivity index (χ4v) is 3.62. The molecule has 16 heavy (non-hydrogen) atoms. The van der Waals surface area contributed by atoms with Gasteiger partial charge >= 0.3 is 0 Å². The third-order valence-corrected chi connectivity index (χ3v) is 4.79. The molecular weight excluding hydrogens is 196 g/mol. The fraction of sp³-hybridized carbons (Fsp3) is 1.00. The van der Waals surface area contributed by atoms with Crippen LogP contribution in [0.4, 0.5) is 0 Å². The monoisotopic (exact) mass is 224 g/mol. The summed E-state index contributed by atoms with van der Waals surface area (Å²) in [4.78, 5) is 2.80. The standard InChI is InChI=1S/C14H28N2/c1-4-15-13-7-8-14(10-13)16-9-5-6-11(2)12(16)3/h11-15H,4-10H2,1-3H3. The van der Waals surface area contributed by atoms with E-state index in [2.05, 4.69) is 31.0 Å². The van der Waals surface area contributed by atoms with Crippen LogP contribution in [0.2, 0.25) is 0 Å². The number of nitrogens with zero attached hydrogens (tertiary/aromatic N) is 1. The quantitative estimate of drug-likeness (QED) is 0.793. The lowest BCUT2D eigenvalue weighted by Gasteiger charge is -2.41. The Labute approximate surface area is 101 Å². The summed E-state index contributed by atoms with van der Waals surface area (Å²) in [6, 6.07) is 2.46. The molecule has 0 bridgehead atoms. The molecule has 1 heterocycles. The lowest BCUT2D eigenvalue weighted by atomic mass is 9.90. The van der Waals surface area contributed by atoms with Crippen LogP contribution in [0.3, 0.4) is 0 Å². The molecule has 2 rings (SSSR count). The van der Waals surface area contributed by atoms with Crippen LogP contribution >= 0.6 is 0 Å². The molecule has 1 aliphatic carbocycles. The van der Waals surface area contributed by atoms with Gasteiger partial charge in [-0.1, -0.05) is 13.8 Å². The van der Waals surface area contributed by atoms with Crippen molar-refractivity contribution in [3.63, 3.8) is 0 Å². The van der Waals surface area contributed by atoms with E-state index in [0.717, 1.165) is 30.6 Å². The van der Waals surface area contributed by atoms with Gasteiger partial charge in [0.25, 0.3) is 0 Å². The molecule has 0 aromatic heterocycles. The van der Waals surface area contributed by atoms with E-state index in [1.54, 1.807) is 0 Å². The van der Waals surface area contributed by atoms with Crippen molar-refractivity contribution >= 4 is 0 Å². The van der Waals surface area contributed by atoms with Crippen LogP contribution < -0.4 is 5.32 Å². The summed E-state index contributed by atoms with van der Waals surface area (Å²) >= 11 is 0. The van der Waals surface area contributed by atoms with Gasteiger partial charge in [0.15, 0.2) is 0 Å². The van der Waals surface area contributed by atoms with Gasteiger partial charge in [0, 0.05) is 18.1 Å². The highest BCUT2D eigenvalue weighted by Gasteiger charge is 2.34. The molecule has 2 aliphatic rings. The maximum atomic E-state index is 3.61. The second-order valence-electron chi connectivity index (χ2n) is 5.82. The summed E-state index contributed by atoms with van der Waals surface area (Å²) < 4.78 is 0. The molecule has 2 heteroatoms. The van der Waals surface area contributed by atoms with Gasteiger partial charge in [-0.2, -0.15) is 0 Å². The molecule has 1 saturated heterocycles. The number of hydrogen-bond donors (Lipinski definition) is 1. The number of nitrogens with one attached hydrogen (secondary N) is 1. The topological polar surface area (TPSA) is 15.3 Å². The minimum absolute atomic E-state index is 0.791. The van der Waals surface area contributed by atoms with Gasteiger partial charge in [-0.15, -0.1) is 0 Å². The van der Waals surface area contributed by atoms with Crippen LogP contribution in [-0.2, 0) is 0 Å².